The van der Waals surface area contributed by atoms with Gasteiger partial charge in [0.15, 0.2) is 0 Å². The summed E-state index contributed by atoms with van der Waals surface area (Å²) < 4.78 is 0. The van der Waals surface area contributed by atoms with Gasteiger partial charge in [-0.25, -0.2) is 0 Å². The van der Waals surface area contributed by atoms with Crippen LogP contribution in [0.1, 0.15) is 46.5 Å². The van der Waals surface area contributed by atoms with Crippen molar-refractivity contribution >= 4 is 5.97 Å². The van der Waals surface area contributed by atoms with Gasteiger partial charge in [0, 0.05) is 12.6 Å². The second-order valence-corrected chi connectivity index (χ2v) is 6.31. The van der Waals surface area contributed by atoms with Crippen LogP contribution in [0.25, 0.3) is 0 Å². The topological polar surface area (TPSA) is 40.5 Å². The summed E-state index contributed by atoms with van der Waals surface area (Å²) in [4.78, 5) is 14.0. The summed E-state index contributed by atoms with van der Waals surface area (Å²) in [6.45, 7) is 8.15. The average Bonchev–Trinajstić information content (AvgIpc) is 2.83. The van der Waals surface area contributed by atoms with Gasteiger partial charge in [-0.3, -0.25) is 9.69 Å². The monoisotopic (exact) mass is 239 g/mol. The summed E-state index contributed by atoms with van der Waals surface area (Å²) in [5, 5.41) is 9.53. The van der Waals surface area contributed by atoms with Crippen molar-refractivity contribution in [3.8, 4) is 0 Å². The first-order valence-electron chi connectivity index (χ1n) is 6.95. The Morgan fingerprint density at radius 1 is 1.41 bits per heavy atom. The molecule has 2 fully saturated rings. The molecule has 3 atom stereocenters. The highest BCUT2D eigenvalue weighted by atomic mass is 16.4. The number of likely N-dealkylation sites (tertiary alicyclic amines) is 1. The lowest BCUT2D eigenvalue weighted by molar-refractivity contribution is -0.151. The van der Waals surface area contributed by atoms with Crippen LogP contribution in [0.15, 0.2) is 0 Å². The predicted molar refractivity (Wildman–Crippen MR) is 67.9 cm³/mol. The summed E-state index contributed by atoms with van der Waals surface area (Å²) >= 11 is 0. The Bertz CT molecular complexity index is 303. The lowest BCUT2D eigenvalue weighted by atomic mass is 9.76. The van der Waals surface area contributed by atoms with Crippen molar-refractivity contribution in [2.24, 2.45) is 17.3 Å². The molecule has 1 heterocycles. The molecule has 3 heteroatoms. The van der Waals surface area contributed by atoms with E-state index in [0.29, 0.717) is 6.04 Å². The molecule has 3 unspecified atom stereocenters. The van der Waals surface area contributed by atoms with Gasteiger partial charge >= 0.3 is 5.97 Å². The molecule has 1 saturated carbocycles. The summed E-state index contributed by atoms with van der Waals surface area (Å²) in [7, 11) is 0. The number of rotatable bonds is 3. The summed E-state index contributed by atoms with van der Waals surface area (Å²) in [5.74, 6) is 0.370. The van der Waals surface area contributed by atoms with E-state index in [-0.39, 0.29) is 5.92 Å². The zero-order chi connectivity index (χ0) is 12.6. The normalized spacial score (nSPS) is 39.1. The molecular weight excluding hydrogens is 214 g/mol. The van der Waals surface area contributed by atoms with Crippen molar-refractivity contribution in [3.05, 3.63) is 0 Å². The molecule has 1 aliphatic heterocycles. The van der Waals surface area contributed by atoms with Crippen LogP contribution < -0.4 is 0 Å². The van der Waals surface area contributed by atoms with Gasteiger partial charge in [0.05, 0.1) is 5.41 Å². The number of carbonyl (C=O) groups is 1. The minimum atomic E-state index is -0.597. The van der Waals surface area contributed by atoms with Gasteiger partial charge in [-0.15, -0.1) is 0 Å². The molecule has 0 aromatic heterocycles. The molecule has 0 radical (unpaired) electrons. The van der Waals surface area contributed by atoms with Crippen LogP contribution in [0.4, 0.5) is 0 Å². The molecule has 0 aromatic carbocycles. The van der Waals surface area contributed by atoms with E-state index in [9.17, 15) is 9.90 Å². The van der Waals surface area contributed by atoms with E-state index in [2.05, 4.69) is 25.7 Å². The van der Waals surface area contributed by atoms with Gasteiger partial charge in [0.25, 0.3) is 0 Å². The number of hydrogen-bond donors (Lipinski definition) is 1. The van der Waals surface area contributed by atoms with Gasteiger partial charge in [-0.1, -0.05) is 27.2 Å². The Hall–Kier alpha value is -0.570. The SMILES string of the molecule is CC1CCCC1N1CCC(C(=O)O)(C(C)C)C1. The molecule has 1 aliphatic carbocycles. The first-order chi connectivity index (χ1) is 7.97. The maximum Gasteiger partial charge on any atom is 0.311 e. The number of aliphatic carboxylic acids is 1. The minimum Gasteiger partial charge on any atom is -0.481 e. The number of carboxylic acid groups (broad SMARTS) is 1. The van der Waals surface area contributed by atoms with Gasteiger partial charge in [0.1, 0.15) is 0 Å². The lowest BCUT2D eigenvalue weighted by Crippen LogP contribution is -2.42. The molecule has 0 amide bonds. The third-order valence-electron chi connectivity index (χ3n) is 5.15. The van der Waals surface area contributed by atoms with Gasteiger partial charge < -0.3 is 5.11 Å². The van der Waals surface area contributed by atoms with E-state index in [1.54, 1.807) is 0 Å². The molecule has 2 aliphatic rings. The van der Waals surface area contributed by atoms with Crippen molar-refractivity contribution < 1.29 is 9.90 Å². The summed E-state index contributed by atoms with van der Waals surface area (Å²) in [6, 6.07) is 0.634. The van der Waals surface area contributed by atoms with Crippen LogP contribution in [0.2, 0.25) is 0 Å². The highest BCUT2D eigenvalue weighted by Crippen LogP contribution is 2.42. The van der Waals surface area contributed by atoms with Crippen molar-refractivity contribution in [1.29, 1.82) is 0 Å². The molecule has 1 saturated heterocycles. The van der Waals surface area contributed by atoms with Crippen LogP contribution in [0.3, 0.4) is 0 Å². The Morgan fingerprint density at radius 2 is 2.12 bits per heavy atom. The fourth-order valence-corrected chi connectivity index (χ4v) is 3.71. The quantitative estimate of drug-likeness (QED) is 0.823. The van der Waals surface area contributed by atoms with Crippen molar-refractivity contribution in [1.82, 2.24) is 4.90 Å². The molecule has 0 bridgehead atoms. The molecule has 0 aromatic rings. The fraction of sp³-hybridized carbons (Fsp3) is 0.929. The maximum atomic E-state index is 11.6. The third-order valence-corrected chi connectivity index (χ3v) is 5.15. The van der Waals surface area contributed by atoms with Crippen molar-refractivity contribution in [3.63, 3.8) is 0 Å². The van der Waals surface area contributed by atoms with Crippen LogP contribution in [0.5, 0.6) is 0 Å². The number of carboxylic acids is 1. The molecule has 2 rings (SSSR count). The first kappa shape index (κ1) is 12.9. The zero-order valence-corrected chi connectivity index (χ0v) is 11.3. The summed E-state index contributed by atoms with van der Waals surface area (Å²) in [5.41, 5.74) is -0.498. The van der Waals surface area contributed by atoms with Crippen LogP contribution >= 0.6 is 0 Å². The Morgan fingerprint density at radius 3 is 2.53 bits per heavy atom. The van der Waals surface area contributed by atoms with E-state index < -0.39 is 11.4 Å². The average molecular weight is 239 g/mol. The summed E-state index contributed by atoms with van der Waals surface area (Å²) in [6.07, 6.45) is 4.70. The van der Waals surface area contributed by atoms with E-state index >= 15 is 0 Å². The van der Waals surface area contributed by atoms with E-state index in [4.69, 9.17) is 0 Å². The van der Waals surface area contributed by atoms with Gasteiger partial charge in [0.2, 0.25) is 0 Å². The molecule has 1 N–H and O–H groups in total. The van der Waals surface area contributed by atoms with E-state index in [0.717, 1.165) is 25.4 Å². The van der Waals surface area contributed by atoms with Crippen LogP contribution in [-0.2, 0) is 4.79 Å². The van der Waals surface area contributed by atoms with Crippen molar-refractivity contribution in [2.45, 2.75) is 52.5 Å². The third kappa shape index (κ3) is 2.10. The minimum absolute atomic E-state index is 0.224. The largest absolute Gasteiger partial charge is 0.481 e. The lowest BCUT2D eigenvalue weighted by Gasteiger charge is -2.32. The molecule has 3 nitrogen and oxygen atoms in total. The Balaban J connectivity index is 2.09. The highest BCUT2D eigenvalue weighted by molar-refractivity contribution is 5.75. The molecular formula is C14H25NO2. The fourth-order valence-electron chi connectivity index (χ4n) is 3.71. The first-order valence-corrected chi connectivity index (χ1v) is 6.95. The maximum absolute atomic E-state index is 11.6. The van der Waals surface area contributed by atoms with E-state index in [1.165, 1.54) is 19.3 Å². The highest BCUT2D eigenvalue weighted by Gasteiger charge is 2.49. The van der Waals surface area contributed by atoms with Crippen LogP contribution in [0, 0.1) is 17.3 Å². The standard InChI is InChI=1S/C14H25NO2/c1-10(2)14(13(16)17)7-8-15(9-14)12-6-4-5-11(12)3/h10-12H,4-9H2,1-3H3,(H,16,17). The number of nitrogens with zero attached hydrogens (tertiary/aromatic N) is 1. The second kappa shape index (κ2) is 4.60. The van der Waals surface area contributed by atoms with Crippen molar-refractivity contribution in [2.75, 3.05) is 13.1 Å². The molecule has 0 spiro atoms. The van der Waals surface area contributed by atoms with Gasteiger partial charge in [-0.2, -0.15) is 0 Å². The van der Waals surface area contributed by atoms with Gasteiger partial charge in [-0.05, 0) is 37.6 Å². The van der Waals surface area contributed by atoms with E-state index in [1.807, 2.05) is 0 Å². The zero-order valence-electron chi connectivity index (χ0n) is 11.3. The smallest absolute Gasteiger partial charge is 0.311 e. The Labute approximate surface area is 104 Å². The second-order valence-electron chi connectivity index (χ2n) is 6.31. The number of hydrogen-bond acceptors (Lipinski definition) is 2. The van der Waals surface area contributed by atoms with Crippen LogP contribution in [-0.4, -0.2) is 35.1 Å². The predicted octanol–water partition coefficient (Wildman–Crippen LogP) is 2.61. The Kier molecular flexibility index (Phi) is 3.48. The molecule has 98 valence electrons. The molecule has 17 heavy (non-hydrogen) atoms.